The van der Waals surface area contributed by atoms with Crippen molar-refractivity contribution in [1.82, 2.24) is 10.6 Å². The molecule has 0 unspecified atom stereocenters. The lowest BCUT2D eigenvalue weighted by Crippen LogP contribution is -2.21. The van der Waals surface area contributed by atoms with Crippen molar-refractivity contribution >= 4 is 35.3 Å². The first-order valence-electron chi connectivity index (χ1n) is 6.31. The molecule has 22 heavy (non-hydrogen) atoms. The smallest absolute Gasteiger partial charge is 0.336 e. The Balaban J connectivity index is 1.95. The number of hydrogen-bond donors (Lipinski definition) is 3. The lowest BCUT2D eigenvalue weighted by atomic mass is 10.1. The van der Waals surface area contributed by atoms with E-state index in [4.69, 9.17) is 16.6 Å². The van der Waals surface area contributed by atoms with Crippen molar-refractivity contribution in [2.24, 2.45) is 0 Å². The van der Waals surface area contributed by atoms with Gasteiger partial charge < -0.3 is 14.8 Å². The van der Waals surface area contributed by atoms with E-state index in [-0.39, 0.29) is 22.3 Å². The number of amides is 1. The molecule has 0 spiro atoms. The van der Waals surface area contributed by atoms with E-state index in [1.165, 1.54) is 12.1 Å². The number of rotatable bonds is 3. The van der Waals surface area contributed by atoms with E-state index >= 15 is 0 Å². The van der Waals surface area contributed by atoms with Crippen molar-refractivity contribution in [2.75, 3.05) is 0 Å². The maximum absolute atomic E-state index is 11.6. The van der Waals surface area contributed by atoms with E-state index < -0.39 is 5.97 Å². The van der Waals surface area contributed by atoms with Crippen LogP contribution in [0.15, 0.2) is 46.5 Å². The molecule has 0 radical (unpaired) electrons. The average Bonchev–Trinajstić information content (AvgIpc) is 3.06. The first-order valence-corrected chi connectivity index (χ1v) is 6.72. The van der Waals surface area contributed by atoms with Gasteiger partial charge in [-0.05, 0) is 30.4 Å². The number of benzene rings is 1. The fourth-order valence-corrected chi connectivity index (χ4v) is 2.29. The van der Waals surface area contributed by atoms with Crippen LogP contribution in [-0.2, 0) is 4.79 Å². The summed E-state index contributed by atoms with van der Waals surface area (Å²) in [7, 11) is 0. The highest BCUT2D eigenvalue weighted by Gasteiger charge is 2.21. The van der Waals surface area contributed by atoms with Crippen molar-refractivity contribution < 1.29 is 19.1 Å². The van der Waals surface area contributed by atoms with Crippen LogP contribution in [0.1, 0.15) is 16.1 Å². The molecule has 7 heteroatoms. The second-order valence-electron chi connectivity index (χ2n) is 4.52. The summed E-state index contributed by atoms with van der Waals surface area (Å²) in [6, 6.07) is 9.84. The number of nitrogens with one attached hydrogen (secondary N) is 2. The van der Waals surface area contributed by atoms with E-state index in [1.807, 2.05) is 0 Å². The minimum atomic E-state index is -1.03. The normalized spacial score (nSPS) is 15.7. The topological polar surface area (TPSA) is 91.6 Å². The average molecular weight is 314 g/mol. The van der Waals surface area contributed by atoms with Crippen molar-refractivity contribution in [3.63, 3.8) is 0 Å². The first kappa shape index (κ1) is 14.0. The summed E-state index contributed by atoms with van der Waals surface area (Å²) < 4.78 is 5.60. The molecule has 1 amide bonds. The van der Waals surface area contributed by atoms with Crippen LogP contribution < -0.4 is 10.6 Å². The van der Waals surface area contributed by atoms with E-state index in [0.717, 1.165) is 0 Å². The van der Waals surface area contributed by atoms with Crippen molar-refractivity contribution in [2.45, 2.75) is 0 Å². The predicted octanol–water partition coefficient (Wildman–Crippen LogP) is 1.99. The Morgan fingerprint density at radius 1 is 1.18 bits per heavy atom. The van der Waals surface area contributed by atoms with Gasteiger partial charge in [0.1, 0.15) is 17.2 Å². The second-order valence-corrected chi connectivity index (χ2v) is 4.93. The highest BCUT2D eigenvalue weighted by atomic mass is 32.1. The molecule has 3 rings (SSSR count). The quantitative estimate of drug-likeness (QED) is 0.593. The third-order valence-electron chi connectivity index (χ3n) is 3.06. The molecule has 1 aromatic heterocycles. The van der Waals surface area contributed by atoms with Crippen molar-refractivity contribution in [3.8, 4) is 11.3 Å². The molecule has 0 atom stereocenters. The Labute approximate surface area is 130 Å². The largest absolute Gasteiger partial charge is 0.478 e. The monoisotopic (exact) mass is 314 g/mol. The molecule has 1 saturated heterocycles. The number of hydrogen-bond acceptors (Lipinski definition) is 4. The first-order chi connectivity index (χ1) is 10.5. The zero-order chi connectivity index (χ0) is 15.7. The summed E-state index contributed by atoms with van der Waals surface area (Å²) in [4.78, 5) is 22.8. The Hall–Kier alpha value is -2.93. The van der Waals surface area contributed by atoms with Crippen molar-refractivity contribution in [1.29, 1.82) is 0 Å². The molecule has 1 aromatic carbocycles. The van der Waals surface area contributed by atoms with Gasteiger partial charge in [-0.1, -0.05) is 18.2 Å². The molecule has 1 aliphatic rings. The highest BCUT2D eigenvalue weighted by molar-refractivity contribution is 7.80. The van der Waals surface area contributed by atoms with Gasteiger partial charge in [0.05, 0.1) is 5.56 Å². The number of thiocarbonyl (C=S) groups is 1. The third kappa shape index (κ3) is 2.61. The zero-order valence-corrected chi connectivity index (χ0v) is 11.9. The summed E-state index contributed by atoms with van der Waals surface area (Å²) in [5.41, 5.74) is 0.894. The fraction of sp³-hybridized carbons (Fsp3) is 0. The molecule has 2 heterocycles. The SMILES string of the molecule is O=C1NC(=S)N/C1=C\c1ccc(-c2ccccc2C(=O)O)o1. The summed E-state index contributed by atoms with van der Waals surface area (Å²) in [5, 5.41) is 14.6. The molecule has 0 bridgehead atoms. The van der Waals surface area contributed by atoms with E-state index in [9.17, 15) is 14.7 Å². The van der Waals surface area contributed by atoms with E-state index in [0.29, 0.717) is 17.1 Å². The minimum absolute atomic E-state index is 0.147. The number of carboxylic acids is 1. The van der Waals surface area contributed by atoms with E-state index in [2.05, 4.69) is 10.6 Å². The van der Waals surface area contributed by atoms with Gasteiger partial charge in [-0.2, -0.15) is 0 Å². The minimum Gasteiger partial charge on any atom is -0.478 e. The summed E-state index contributed by atoms with van der Waals surface area (Å²) >= 11 is 4.84. The molecule has 1 aliphatic heterocycles. The van der Waals surface area contributed by atoms with Crippen LogP contribution in [0.2, 0.25) is 0 Å². The molecule has 1 fully saturated rings. The second kappa shape index (κ2) is 5.45. The number of carbonyl (C=O) groups excluding carboxylic acids is 1. The van der Waals surface area contributed by atoms with Crippen LogP contribution in [0.3, 0.4) is 0 Å². The molecule has 3 N–H and O–H groups in total. The Kier molecular flexibility index (Phi) is 3.48. The van der Waals surface area contributed by atoms with Crippen LogP contribution in [0.25, 0.3) is 17.4 Å². The lowest BCUT2D eigenvalue weighted by molar-refractivity contribution is -0.115. The van der Waals surface area contributed by atoms with Crippen LogP contribution in [0.5, 0.6) is 0 Å². The highest BCUT2D eigenvalue weighted by Crippen LogP contribution is 2.26. The molecule has 0 aliphatic carbocycles. The molecule has 0 saturated carbocycles. The van der Waals surface area contributed by atoms with Crippen LogP contribution in [-0.4, -0.2) is 22.1 Å². The van der Waals surface area contributed by atoms with Gasteiger partial charge in [-0.15, -0.1) is 0 Å². The number of furan rings is 1. The number of carbonyl (C=O) groups is 2. The maximum atomic E-state index is 11.6. The molecular weight excluding hydrogens is 304 g/mol. The van der Waals surface area contributed by atoms with Gasteiger partial charge in [0.2, 0.25) is 0 Å². The van der Waals surface area contributed by atoms with Crippen LogP contribution in [0, 0.1) is 0 Å². The molecule has 6 nitrogen and oxygen atoms in total. The van der Waals surface area contributed by atoms with Gasteiger partial charge in [0, 0.05) is 11.6 Å². The summed E-state index contributed by atoms with van der Waals surface area (Å²) in [6.45, 7) is 0. The zero-order valence-electron chi connectivity index (χ0n) is 11.1. The molecule has 2 aromatic rings. The van der Waals surface area contributed by atoms with Crippen molar-refractivity contribution in [3.05, 3.63) is 53.4 Å². The Morgan fingerprint density at radius 3 is 2.64 bits per heavy atom. The summed E-state index contributed by atoms with van der Waals surface area (Å²) in [6.07, 6.45) is 1.50. The molecule has 110 valence electrons. The van der Waals surface area contributed by atoms with Gasteiger partial charge in [-0.25, -0.2) is 4.79 Å². The Morgan fingerprint density at radius 2 is 1.95 bits per heavy atom. The molecular formula is C15H10N2O4S. The third-order valence-corrected chi connectivity index (χ3v) is 3.26. The number of carboxylic acid groups (broad SMARTS) is 1. The van der Waals surface area contributed by atoms with Gasteiger partial charge in [-0.3, -0.25) is 10.1 Å². The van der Waals surface area contributed by atoms with Gasteiger partial charge in [0.15, 0.2) is 5.11 Å². The van der Waals surface area contributed by atoms with Crippen LogP contribution >= 0.6 is 12.2 Å². The number of aromatic carboxylic acids is 1. The predicted molar refractivity (Wildman–Crippen MR) is 83.0 cm³/mol. The van der Waals surface area contributed by atoms with E-state index in [1.54, 1.807) is 30.3 Å². The van der Waals surface area contributed by atoms with Gasteiger partial charge in [0.25, 0.3) is 5.91 Å². The standard InChI is InChI=1S/C15H10N2O4S/c18-13-11(16-15(22)17-13)7-8-5-6-12(21-8)9-3-1-2-4-10(9)14(19)20/h1-7H,(H,19,20)(H2,16,17,18,22)/b11-7-. The lowest BCUT2D eigenvalue weighted by Gasteiger charge is -2.02. The Bertz CT molecular complexity index is 822. The fourth-order valence-electron chi connectivity index (χ4n) is 2.08. The van der Waals surface area contributed by atoms with Crippen LogP contribution in [0.4, 0.5) is 0 Å². The summed E-state index contributed by atoms with van der Waals surface area (Å²) in [5.74, 6) is -0.550. The maximum Gasteiger partial charge on any atom is 0.336 e. The van der Waals surface area contributed by atoms with Gasteiger partial charge >= 0.3 is 5.97 Å².